The minimum atomic E-state index is -0.0230. The highest BCUT2D eigenvalue weighted by Gasteiger charge is 2.10. The molecule has 0 saturated carbocycles. The van der Waals surface area contributed by atoms with Crippen LogP contribution in [-0.2, 0) is 0 Å². The molecule has 0 spiro atoms. The van der Waals surface area contributed by atoms with Gasteiger partial charge in [-0.25, -0.2) is 0 Å². The zero-order valence-corrected chi connectivity index (χ0v) is 11.7. The van der Waals surface area contributed by atoms with Crippen molar-refractivity contribution in [2.75, 3.05) is 20.1 Å². The van der Waals surface area contributed by atoms with Crippen molar-refractivity contribution in [3.05, 3.63) is 36.0 Å². The molecule has 2 aromatic rings. The Kier molecular flexibility index (Phi) is 4.22. The first kappa shape index (κ1) is 13.6. The number of aromatic amines is 1. The molecule has 2 rings (SSSR count). The van der Waals surface area contributed by atoms with E-state index in [1.54, 1.807) is 0 Å². The van der Waals surface area contributed by atoms with Gasteiger partial charge in [0, 0.05) is 30.7 Å². The summed E-state index contributed by atoms with van der Waals surface area (Å²) in [5.41, 5.74) is 1.60. The number of H-pyrrole nitrogens is 1. The Hall–Kier alpha value is -1.81. The maximum absolute atomic E-state index is 12.2. The van der Waals surface area contributed by atoms with E-state index in [9.17, 15) is 4.79 Å². The fourth-order valence-electron chi connectivity index (χ4n) is 1.97. The molecule has 0 atom stereocenters. The lowest BCUT2D eigenvalue weighted by atomic mass is 10.1. The first-order valence-electron chi connectivity index (χ1n) is 6.64. The second-order valence-electron chi connectivity index (χ2n) is 5.08. The predicted octanol–water partition coefficient (Wildman–Crippen LogP) is 2.24. The maximum Gasteiger partial charge on any atom is 0.253 e. The van der Waals surface area contributed by atoms with Crippen molar-refractivity contribution in [2.24, 2.45) is 0 Å². The molecule has 4 heteroatoms. The van der Waals surface area contributed by atoms with Gasteiger partial charge in [-0.2, -0.15) is 0 Å². The SMILES string of the molecule is CC(C)N(C)CCNC(=O)c1cccc2cc[nH]c12. The molecule has 0 unspecified atom stereocenters. The number of hydrogen-bond donors (Lipinski definition) is 2. The molecule has 0 radical (unpaired) electrons. The predicted molar refractivity (Wildman–Crippen MR) is 78.4 cm³/mol. The maximum atomic E-state index is 12.2. The van der Waals surface area contributed by atoms with Crippen molar-refractivity contribution in [2.45, 2.75) is 19.9 Å². The first-order valence-corrected chi connectivity index (χ1v) is 6.64. The molecule has 19 heavy (non-hydrogen) atoms. The van der Waals surface area contributed by atoms with Gasteiger partial charge < -0.3 is 15.2 Å². The van der Waals surface area contributed by atoms with E-state index in [0.717, 1.165) is 17.4 Å². The van der Waals surface area contributed by atoms with Gasteiger partial charge in [-0.05, 0) is 33.0 Å². The summed E-state index contributed by atoms with van der Waals surface area (Å²) >= 11 is 0. The third-order valence-electron chi connectivity index (χ3n) is 3.46. The number of rotatable bonds is 5. The molecule has 1 heterocycles. The highest BCUT2D eigenvalue weighted by atomic mass is 16.1. The lowest BCUT2D eigenvalue weighted by Crippen LogP contribution is -2.36. The number of para-hydroxylation sites is 1. The van der Waals surface area contributed by atoms with Crippen LogP contribution in [0, 0.1) is 0 Å². The van der Waals surface area contributed by atoms with E-state index in [4.69, 9.17) is 0 Å². The molecule has 1 aromatic carbocycles. The third-order valence-corrected chi connectivity index (χ3v) is 3.46. The summed E-state index contributed by atoms with van der Waals surface area (Å²) in [6, 6.07) is 8.21. The Morgan fingerprint density at radius 2 is 2.16 bits per heavy atom. The summed E-state index contributed by atoms with van der Waals surface area (Å²) in [4.78, 5) is 17.5. The fraction of sp³-hybridized carbons (Fsp3) is 0.400. The van der Waals surface area contributed by atoms with Gasteiger partial charge in [0.15, 0.2) is 0 Å². The van der Waals surface area contributed by atoms with Crippen molar-refractivity contribution in [1.82, 2.24) is 15.2 Å². The van der Waals surface area contributed by atoms with E-state index in [-0.39, 0.29) is 5.91 Å². The Labute approximate surface area is 113 Å². The van der Waals surface area contributed by atoms with Crippen LogP contribution in [-0.4, -0.2) is 42.0 Å². The van der Waals surface area contributed by atoms with Gasteiger partial charge in [0.05, 0.1) is 11.1 Å². The number of carbonyl (C=O) groups is 1. The second kappa shape index (κ2) is 5.89. The number of hydrogen-bond acceptors (Lipinski definition) is 2. The van der Waals surface area contributed by atoms with E-state index in [1.165, 1.54) is 0 Å². The van der Waals surface area contributed by atoms with Crippen molar-refractivity contribution in [1.29, 1.82) is 0 Å². The first-order chi connectivity index (χ1) is 9.09. The third kappa shape index (κ3) is 3.15. The molecule has 0 bridgehead atoms. The van der Waals surface area contributed by atoms with Crippen LogP contribution in [0.1, 0.15) is 24.2 Å². The molecule has 0 fully saturated rings. The van der Waals surface area contributed by atoms with Crippen molar-refractivity contribution >= 4 is 16.8 Å². The quantitative estimate of drug-likeness (QED) is 0.865. The Morgan fingerprint density at radius 1 is 1.37 bits per heavy atom. The molecular weight excluding hydrogens is 238 g/mol. The van der Waals surface area contributed by atoms with Gasteiger partial charge in [-0.15, -0.1) is 0 Å². The number of likely N-dealkylation sites (N-methyl/N-ethyl adjacent to an activating group) is 1. The fourth-order valence-corrected chi connectivity index (χ4v) is 1.97. The molecule has 0 saturated heterocycles. The van der Waals surface area contributed by atoms with E-state index in [0.29, 0.717) is 18.2 Å². The summed E-state index contributed by atoms with van der Waals surface area (Å²) in [6.45, 7) is 5.79. The molecule has 102 valence electrons. The summed E-state index contributed by atoms with van der Waals surface area (Å²) in [5.74, 6) is -0.0230. The lowest BCUT2D eigenvalue weighted by molar-refractivity contribution is 0.0949. The van der Waals surface area contributed by atoms with Crippen LogP contribution in [0.4, 0.5) is 0 Å². The van der Waals surface area contributed by atoms with Crippen LogP contribution in [0.3, 0.4) is 0 Å². The number of nitrogens with one attached hydrogen (secondary N) is 2. The molecule has 0 aliphatic rings. The average Bonchev–Trinajstić information content (AvgIpc) is 2.86. The van der Waals surface area contributed by atoms with E-state index in [1.807, 2.05) is 30.5 Å². The minimum Gasteiger partial charge on any atom is -0.361 e. The van der Waals surface area contributed by atoms with E-state index >= 15 is 0 Å². The van der Waals surface area contributed by atoms with Gasteiger partial charge in [-0.1, -0.05) is 12.1 Å². The zero-order chi connectivity index (χ0) is 13.8. The minimum absolute atomic E-state index is 0.0230. The highest BCUT2D eigenvalue weighted by Crippen LogP contribution is 2.16. The number of nitrogens with zero attached hydrogens (tertiary/aromatic N) is 1. The normalized spacial score (nSPS) is 11.4. The smallest absolute Gasteiger partial charge is 0.253 e. The Bertz CT molecular complexity index is 559. The van der Waals surface area contributed by atoms with Crippen LogP contribution < -0.4 is 5.32 Å². The van der Waals surface area contributed by atoms with Crippen LogP contribution in [0.5, 0.6) is 0 Å². The van der Waals surface area contributed by atoms with Crippen LogP contribution in [0.25, 0.3) is 10.9 Å². The summed E-state index contributed by atoms with van der Waals surface area (Å²) in [7, 11) is 2.06. The number of fused-ring (bicyclic) bond motifs is 1. The summed E-state index contributed by atoms with van der Waals surface area (Å²) < 4.78 is 0. The van der Waals surface area contributed by atoms with Gasteiger partial charge in [0.1, 0.15) is 0 Å². The molecular formula is C15H21N3O. The lowest BCUT2D eigenvalue weighted by Gasteiger charge is -2.20. The number of aromatic nitrogens is 1. The Morgan fingerprint density at radius 3 is 2.89 bits per heavy atom. The van der Waals surface area contributed by atoms with E-state index in [2.05, 4.69) is 36.1 Å². The molecule has 1 aromatic heterocycles. The van der Waals surface area contributed by atoms with Crippen LogP contribution >= 0.6 is 0 Å². The van der Waals surface area contributed by atoms with Crippen molar-refractivity contribution in [3.8, 4) is 0 Å². The number of carbonyl (C=O) groups excluding carboxylic acids is 1. The molecule has 0 aliphatic heterocycles. The van der Waals surface area contributed by atoms with Crippen molar-refractivity contribution in [3.63, 3.8) is 0 Å². The van der Waals surface area contributed by atoms with Gasteiger partial charge in [0.25, 0.3) is 5.91 Å². The largest absolute Gasteiger partial charge is 0.361 e. The van der Waals surface area contributed by atoms with Gasteiger partial charge in [-0.3, -0.25) is 4.79 Å². The number of amides is 1. The molecule has 1 amide bonds. The summed E-state index contributed by atoms with van der Waals surface area (Å²) in [5, 5.41) is 4.03. The monoisotopic (exact) mass is 259 g/mol. The standard InChI is InChI=1S/C15H21N3O/c1-11(2)18(3)10-9-17-15(19)13-6-4-5-12-7-8-16-14(12)13/h4-8,11,16H,9-10H2,1-3H3,(H,17,19). The highest BCUT2D eigenvalue weighted by molar-refractivity contribution is 6.05. The summed E-state index contributed by atoms with van der Waals surface area (Å²) in [6.07, 6.45) is 1.86. The van der Waals surface area contributed by atoms with E-state index < -0.39 is 0 Å². The van der Waals surface area contributed by atoms with Gasteiger partial charge >= 0.3 is 0 Å². The Balaban J connectivity index is 1.99. The van der Waals surface area contributed by atoms with Gasteiger partial charge in [0.2, 0.25) is 0 Å². The topological polar surface area (TPSA) is 48.1 Å². The average molecular weight is 259 g/mol. The van der Waals surface area contributed by atoms with Crippen LogP contribution in [0.2, 0.25) is 0 Å². The number of benzene rings is 1. The van der Waals surface area contributed by atoms with Crippen molar-refractivity contribution < 1.29 is 4.79 Å². The molecule has 4 nitrogen and oxygen atoms in total. The molecule has 0 aliphatic carbocycles. The second-order valence-corrected chi connectivity index (χ2v) is 5.08. The van der Waals surface area contributed by atoms with Crippen LogP contribution in [0.15, 0.2) is 30.5 Å². The zero-order valence-electron chi connectivity index (χ0n) is 11.7. The molecule has 2 N–H and O–H groups in total.